The molecule has 236 valence electrons. The van der Waals surface area contributed by atoms with Crippen molar-refractivity contribution < 1.29 is 24.2 Å². The zero-order valence-electron chi connectivity index (χ0n) is 28.6. The molecule has 0 aliphatic rings. The topological polar surface area (TPSA) is 0 Å². The van der Waals surface area contributed by atoms with Crippen LogP contribution in [0.4, 0.5) is 0 Å². The molecule has 0 heterocycles. The summed E-state index contributed by atoms with van der Waals surface area (Å²) in [4.78, 5) is 0. The van der Waals surface area contributed by atoms with Crippen LogP contribution < -0.4 is 0 Å². The maximum atomic E-state index is 3.34. The largest absolute Gasteiger partial charge is 0.358 e. The van der Waals surface area contributed by atoms with Gasteiger partial charge in [-0.25, -0.2) is 0 Å². The molecule has 0 aliphatic heterocycles. The molecule has 0 unspecified atom stereocenters. The van der Waals surface area contributed by atoms with E-state index >= 15 is 0 Å². The van der Waals surface area contributed by atoms with Gasteiger partial charge in [0.05, 0.1) is 0 Å². The average Bonchev–Trinajstić information content (AvgIpc) is 3.70. The molecule has 47 heavy (non-hydrogen) atoms. The molecule has 0 aromatic heterocycles. The van der Waals surface area contributed by atoms with Crippen molar-refractivity contribution in [2.45, 2.75) is 33.6 Å². The summed E-state index contributed by atoms with van der Waals surface area (Å²) >= 11 is 1.30. The Morgan fingerprint density at radius 3 is 1.57 bits per heavy atom. The minimum atomic E-state index is 0. The zero-order chi connectivity index (χ0) is 31.5. The number of rotatable bonds is 3. The van der Waals surface area contributed by atoms with Gasteiger partial charge in [-0.15, -0.1) is 68.6 Å². The van der Waals surface area contributed by atoms with Gasteiger partial charge in [0.2, 0.25) is 0 Å². The van der Waals surface area contributed by atoms with Crippen LogP contribution in [0.5, 0.6) is 0 Å². The molecule has 8 aromatic rings. The van der Waals surface area contributed by atoms with E-state index in [4.69, 9.17) is 0 Å². The van der Waals surface area contributed by atoms with Crippen molar-refractivity contribution in [2.24, 2.45) is 0 Å². The van der Waals surface area contributed by atoms with Gasteiger partial charge in [0, 0.05) is 0 Å². The van der Waals surface area contributed by atoms with Crippen molar-refractivity contribution in [3.63, 3.8) is 0 Å². The van der Waals surface area contributed by atoms with E-state index < -0.39 is 0 Å². The van der Waals surface area contributed by atoms with Gasteiger partial charge in [-0.3, -0.25) is 0 Å². The second kappa shape index (κ2) is 15.6. The van der Waals surface area contributed by atoms with Crippen LogP contribution in [0, 0.1) is 28.7 Å². The molecular formula is C46H44Zr-4. The summed E-state index contributed by atoms with van der Waals surface area (Å²) in [6.07, 6.45) is 0. The normalized spacial score (nSPS) is 10.6. The van der Waals surface area contributed by atoms with Crippen LogP contribution in [0.1, 0.15) is 36.5 Å². The van der Waals surface area contributed by atoms with Crippen molar-refractivity contribution in [1.29, 1.82) is 0 Å². The van der Waals surface area contributed by atoms with Crippen LogP contribution in [0.2, 0.25) is 0 Å². The Hall–Kier alpha value is -4.19. The van der Waals surface area contributed by atoms with Crippen LogP contribution in [-0.4, -0.2) is 4.21 Å². The van der Waals surface area contributed by atoms with Gasteiger partial charge in [-0.2, -0.15) is 12.1 Å². The number of aryl methyl sites for hydroxylation is 2. The first-order chi connectivity index (χ1) is 22.0. The van der Waals surface area contributed by atoms with Crippen LogP contribution in [0.15, 0.2) is 140 Å². The second-order valence-corrected chi connectivity index (χ2v) is 12.1. The maximum Gasteiger partial charge on any atom is -0.358 e. The Morgan fingerprint density at radius 1 is 0.511 bits per heavy atom. The predicted molar refractivity (Wildman–Crippen MR) is 208 cm³/mol. The Morgan fingerprint density at radius 2 is 1.00 bits per heavy atom. The van der Waals surface area contributed by atoms with Crippen molar-refractivity contribution in [1.82, 2.24) is 0 Å². The summed E-state index contributed by atoms with van der Waals surface area (Å²) in [5, 5.41) is 10.7. The Bertz CT molecular complexity index is 2240. The first kappa shape index (κ1) is 35.7. The van der Waals surface area contributed by atoms with E-state index in [1.807, 2.05) is 0 Å². The third kappa shape index (κ3) is 7.07. The standard InChI is InChI=1S/C22H19.C21H17.2CH3.CH2.Zr/c1-15(2)18-13-17-9-6-12-21(22(17)14-18)20-11-5-8-16-7-3-4-10-19(16)20;1-14-12-20-15(2)10-11-19(21(20)13-14)18-9-5-7-16-6-3-4-8-17(16)18;;;;/h3-15H,1-2H3;3-13H,1-2H3;2*1H3;1H2;/q4*-1;;. The predicted octanol–water partition coefficient (Wildman–Crippen LogP) is 13.4. The van der Waals surface area contributed by atoms with E-state index in [2.05, 4.69) is 171 Å². The average molecular weight is 688 g/mol. The molecule has 0 N–H and O–H groups in total. The van der Waals surface area contributed by atoms with E-state index in [0.29, 0.717) is 5.92 Å². The Labute approximate surface area is 296 Å². The van der Waals surface area contributed by atoms with Crippen molar-refractivity contribution in [2.75, 3.05) is 0 Å². The van der Waals surface area contributed by atoms with Gasteiger partial charge in [0.1, 0.15) is 0 Å². The Balaban J connectivity index is 0.000000195. The molecule has 0 atom stereocenters. The number of fused-ring (bicyclic) bond motifs is 4. The van der Waals surface area contributed by atoms with Crippen molar-refractivity contribution in [3.8, 4) is 22.3 Å². The molecule has 0 bridgehead atoms. The molecular weight excluding hydrogens is 644 g/mol. The SMILES string of the molecule is CC(C)c1cc2c(-c3cccc4ccccc34)cccc2[cH-]1.Cc1cc2c(-c3cccc4ccccc34)ccc(C)c2[cH-]1.[CH2]=[Zr].[CH3-].[CH3-]. The zero-order valence-corrected chi connectivity index (χ0v) is 31.0. The van der Waals surface area contributed by atoms with E-state index in [0.717, 1.165) is 0 Å². The minimum absolute atomic E-state index is 0. The molecule has 8 rings (SSSR count). The second-order valence-electron chi connectivity index (χ2n) is 12.1. The third-order valence-electron chi connectivity index (χ3n) is 8.85. The molecule has 0 amide bonds. The summed E-state index contributed by atoms with van der Waals surface area (Å²) < 4.78 is 3.34. The molecule has 0 spiro atoms. The summed E-state index contributed by atoms with van der Waals surface area (Å²) in [5.41, 5.74) is 9.42. The fourth-order valence-corrected chi connectivity index (χ4v) is 6.57. The van der Waals surface area contributed by atoms with Gasteiger partial charge < -0.3 is 14.9 Å². The van der Waals surface area contributed by atoms with E-state index in [-0.39, 0.29) is 14.9 Å². The van der Waals surface area contributed by atoms with Gasteiger partial charge in [-0.05, 0) is 38.6 Å². The van der Waals surface area contributed by atoms with Crippen LogP contribution in [0.3, 0.4) is 0 Å². The first-order valence-corrected chi connectivity index (χ1v) is 17.4. The summed E-state index contributed by atoms with van der Waals surface area (Å²) in [6.45, 7) is 8.87. The molecule has 0 radical (unpaired) electrons. The molecule has 0 saturated heterocycles. The Kier molecular flexibility index (Phi) is 11.8. The number of hydrogen-bond donors (Lipinski definition) is 0. The molecule has 8 aromatic carbocycles. The molecule has 1 heteroatoms. The third-order valence-corrected chi connectivity index (χ3v) is 8.85. The quantitative estimate of drug-likeness (QED) is 0.162. The maximum absolute atomic E-state index is 3.34. The molecule has 0 fully saturated rings. The smallest absolute Gasteiger partial charge is 0.358 e. The van der Waals surface area contributed by atoms with E-state index in [9.17, 15) is 0 Å². The van der Waals surface area contributed by atoms with Gasteiger partial charge in [0.15, 0.2) is 0 Å². The number of hydrogen-bond acceptors (Lipinski definition) is 0. The summed E-state index contributed by atoms with van der Waals surface area (Å²) in [5.74, 6) is 0.563. The fourth-order valence-electron chi connectivity index (χ4n) is 6.57. The number of benzene rings is 6. The van der Waals surface area contributed by atoms with Crippen LogP contribution >= 0.6 is 0 Å². The summed E-state index contributed by atoms with van der Waals surface area (Å²) in [7, 11) is 0. The van der Waals surface area contributed by atoms with Gasteiger partial charge in [0.25, 0.3) is 0 Å². The minimum Gasteiger partial charge on any atom is -0.358 e. The van der Waals surface area contributed by atoms with Gasteiger partial charge >= 0.3 is 28.4 Å². The molecule has 0 nitrogen and oxygen atoms in total. The molecule has 0 aliphatic carbocycles. The first-order valence-electron chi connectivity index (χ1n) is 15.7. The fraction of sp³-hybridized carbons (Fsp3) is 0.109. The molecule has 0 saturated carbocycles. The van der Waals surface area contributed by atoms with Crippen molar-refractivity contribution >= 4 is 47.3 Å². The van der Waals surface area contributed by atoms with Crippen LogP contribution in [-0.2, 0) is 24.2 Å². The monoisotopic (exact) mass is 686 g/mol. The van der Waals surface area contributed by atoms with E-state index in [1.165, 1.54) is 106 Å². The van der Waals surface area contributed by atoms with E-state index in [1.54, 1.807) is 0 Å². The van der Waals surface area contributed by atoms with Crippen LogP contribution in [0.25, 0.3) is 65.3 Å². The van der Waals surface area contributed by atoms with Gasteiger partial charge in [-0.1, -0.05) is 136 Å². The summed E-state index contributed by atoms with van der Waals surface area (Å²) in [6, 6.07) is 50.8. The van der Waals surface area contributed by atoms with Crippen molar-refractivity contribution in [3.05, 3.63) is 171 Å².